The molecule has 4 nitrogen and oxygen atoms in total. The summed E-state index contributed by atoms with van der Waals surface area (Å²) >= 11 is 0. The molecule has 0 amide bonds. The van der Waals surface area contributed by atoms with E-state index in [2.05, 4.69) is 54.5 Å². The number of esters is 1. The van der Waals surface area contributed by atoms with Gasteiger partial charge in [0.2, 0.25) is 0 Å². The average molecular weight is 485 g/mol. The molecule has 0 heterocycles. The van der Waals surface area contributed by atoms with Crippen LogP contribution in [0, 0.1) is 50.2 Å². The lowest BCUT2D eigenvalue weighted by molar-refractivity contribution is -0.202. The Labute approximate surface area is 212 Å². The Kier molecular flexibility index (Phi) is 5.43. The minimum absolute atomic E-state index is 0.00536. The lowest BCUT2D eigenvalue weighted by Crippen LogP contribution is -2.66. The van der Waals surface area contributed by atoms with Crippen molar-refractivity contribution in [3.63, 3.8) is 0 Å². The predicted octanol–water partition coefficient (Wildman–Crippen LogP) is 6.50. The SMILES string of the molecule is COC(=O)[C@@]1(C)CC[C@]2(C)CC[C@]3(C)C(=CC(=O)[C@@H]4[C@@]5(C)CC[C@@H](O)C(C)(C)[C@@H]5CC[C@]43C)[C@H]2C1. The van der Waals surface area contributed by atoms with E-state index in [-0.39, 0.29) is 51.0 Å². The third-order valence-corrected chi connectivity index (χ3v) is 13.2. The van der Waals surface area contributed by atoms with Gasteiger partial charge in [0.1, 0.15) is 0 Å². The van der Waals surface area contributed by atoms with Gasteiger partial charge in [-0.05, 0) is 110 Å². The van der Waals surface area contributed by atoms with E-state index in [4.69, 9.17) is 4.74 Å². The van der Waals surface area contributed by atoms with Crippen LogP contribution >= 0.6 is 0 Å². The summed E-state index contributed by atoms with van der Waals surface area (Å²) in [4.78, 5) is 27.1. The largest absolute Gasteiger partial charge is 0.469 e. The standard InChI is InChI=1S/C31H48O4/c1-26(2)22-9-12-31(7)24(29(22,5)11-10-23(26)33)21(32)17-19-20-18-28(4,25(34)35-8)14-13-27(20,3)15-16-30(19,31)6/h17,20,22-24,33H,9-16,18H2,1-8H3/t20-,22+,23-,24-,27-,28+,29+,30-,31-/m1/s1. The van der Waals surface area contributed by atoms with Crippen LogP contribution in [-0.4, -0.2) is 30.1 Å². The van der Waals surface area contributed by atoms with E-state index in [1.165, 1.54) is 12.7 Å². The van der Waals surface area contributed by atoms with Gasteiger partial charge in [0, 0.05) is 5.92 Å². The van der Waals surface area contributed by atoms with Gasteiger partial charge < -0.3 is 9.84 Å². The predicted molar refractivity (Wildman–Crippen MR) is 137 cm³/mol. The van der Waals surface area contributed by atoms with Gasteiger partial charge in [-0.15, -0.1) is 0 Å². The molecule has 0 radical (unpaired) electrons. The van der Waals surface area contributed by atoms with E-state index < -0.39 is 5.41 Å². The molecule has 0 spiro atoms. The van der Waals surface area contributed by atoms with Gasteiger partial charge in [-0.2, -0.15) is 0 Å². The first-order valence-electron chi connectivity index (χ1n) is 14.1. The van der Waals surface area contributed by atoms with E-state index in [0.717, 1.165) is 57.8 Å². The van der Waals surface area contributed by atoms with Crippen molar-refractivity contribution in [3.05, 3.63) is 11.6 Å². The second-order valence-corrected chi connectivity index (χ2v) is 15.1. The van der Waals surface area contributed by atoms with Gasteiger partial charge in [0.25, 0.3) is 0 Å². The number of ether oxygens (including phenoxy) is 1. The van der Waals surface area contributed by atoms with Crippen LogP contribution in [0.2, 0.25) is 0 Å². The maximum Gasteiger partial charge on any atom is 0.311 e. The zero-order valence-electron chi connectivity index (χ0n) is 23.4. The Morgan fingerprint density at radius 1 is 0.943 bits per heavy atom. The van der Waals surface area contributed by atoms with E-state index >= 15 is 0 Å². The number of rotatable bonds is 1. The van der Waals surface area contributed by atoms with Crippen LogP contribution in [0.3, 0.4) is 0 Å². The molecule has 0 aromatic rings. The molecular formula is C31H48O4. The Bertz CT molecular complexity index is 980. The number of aliphatic hydroxyl groups excluding tert-OH is 1. The summed E-state index contributed by atoms with van der Waals surface area (Å²) < 4.78 is 5.25. The van der Waals surface area contributed by atoms with Crippen LogP contribution in [0.1, 0.15) is 106 Å². The minimum atomic E-state index is -0.480. The van der Waals surface area contributed by atoms with Gasteiger partial charge in [0.15, 0.2) is 5.78 Å². The maximum absolute atomic E-state index is 14.3. The highest BCUT2D eigenvalue weighted by Crippen LogP contribution is 2.75. The molecule has 35 heavy (non-hydrogen) atoms. The molecule has 5 rings (SSSR count). The number of aliphatic hydroxyl groups is 1. The summed E-state index contributed by atoms with van der Waals surface area (Å²) in [6.07, 6.45) is 10.5. The summed E-state index contributed by atoms with van der Waals surface area (Å²) in [5.74, 6) is 0.805. The van der Waals surface area contributed by atoms with Gasteiger partial charge in [-0.1, -0.05) is 47.1 Å². The van der Waals surface area contributed by atoms with Crippen molar-refractivity contribution in [2.45, 2.75) is 112 Å². The first-order valence-corrected chi connectivity index (χ1v) is 14.1. The van der Waals surface area contributed by atoms with Crippen molar-refractivity contribution < 1.29 is 19.4 Å². The molecule has 9 atom stereocenters. The van der Waals surface area contributed by atoms with Crippen LogP contribution in [0.25, 0.3) is 0 Å². The first-order chi connectivity index (χ1) is 16.1. The smallest absolute Gasteiger partial charge is 0.311 e. The molecule has 0 unspecified atom stereocenters. The fraction of sp³-hybridized carbons (Fsp3) is 0.871. The topological polar surface area (TPSA) is 63.6 Å². The molecule has 0 bridgehead atoms. The zero-order valence-corrected chi connectivity index (χ0v) is 23.4. The molecule has 0 aromatic carbocycles. The van der Waals surface area contributed by atoms with Crippen molar-refractivity contribution in [2.75, 3.05) is 7.11 Å². The second kappa shape index (κ2) is 7.45. The van der Waals surface area contributed by atoms with E-state index in [9.17, 15) is 14.7 Å². The molecule has 5 aliphatic carbocycles. The van der Waals surface area contributed by atoms with Crippen LogP contribution in [0.4, 0.5) is 0 Å². The molecule has 5 aliphatic rings. The third-order valence-electron chi connectivity index (χ3n) is 13.2. The van der Waals surface area contributed by atoms with E-state index in [1.54, 1.807) is 0 Å². The number of fused-ring (bicyclic) bond motifs is 7. The number of hydrogen-bond donors (Lipinski definition) is 1. The van der Waals surface area contributed by atoms with E-state index in [1.807, 2.05) is 0 Å². The Hall–Kier alpha value is -1.16. The molecule has 0 aliphatic heterocycles. The number of methoxy groups -OCH3 is 1. The second-order valence-electron chi connectivity index (χ2n) is 15.1. The van der Waals surface area contributed by atoms with Crippen molar-refractivity contribution in [1.29, 1.82) is 0 Å². The molecule has 0 saturated heterocycles. The lowest BCUT2D eigenvalue weighted by atomic mass is 9.33. The van der Waals surface area contributed by atoms with Crippen LogP contribution in [-0.2, 0) is 14.3 Å². The molecule has 4 saturated carbocycles. The molecule has 1 N–H and O–H groups in total. The van der Waals surface area contributed by atoms with Crippen molar-refractivity contribution in [2.24, 2.45) is 50.2 Å². The normalized spacial score (nSPS) is 52.8. The summed E-state index contributed by atoms with van der Waals surface area (Å²) in [6, 6.07) is 0. The highest BCUT2D eigenvalue weighted by atomic mass is 16.5. The quantitative estimate of drug-likeness (QED) is 0.431. The molecule has 196 valence electrons. The Morgan fingerprint density at radius 3 is 2.26 bits per heavy atom. The first kappa shape index (κ1) is 25.5. The van der Waals surface area contributed by atoms with Gasteiger partial charge in [0.05, 0.1) is 18.6 Å². The highest BCUT2D eigenvalue weighted by molar-refractivity contribution is 5.95. The van der Waals surface area contributed by atoms with Crippen molar-refractivity contribution >= 4 is 11.8 Å². The third kappa shape index (κ3) is 3.07. The number of carbonyl (C=O) groups excluding carboxylic acids is 2. The monoisotopic (exact) mass is 484 g/mol. The summed E-state index contributed by atoms with van der Waals surface area (Å²) in [5.41, 5.74) is 0.590. The Morgan fingerprint density at radius 2 is 1.60 bits per heavy atom. The number of hydrogen-bond acceptors (Lipinski definition) is 4. The van der Waals surface area contributed by atoms with Gasteiger partial charge in [-0.25, -0.2) is 0 Å². The number of allylic oxidation sites excluding steroid dienone is 2. The van der Waals surface area contributed by atoms with Crippen molar-refractivity contribution in [3.8, 4) is 0 Å². The fourth-order valence-corrected chi connectivity index (χ4v) is 10.6. The average Bonchev–Trinajstić information content (AvgIpc) is 2.78. The molecule has 0 aromatic heterocycles. The van der Waals surface area contributed by atoms with Crippen LogP contribution in [0.15, 0.2) is 11.6 Å². The molecular weight excluding hydrogens is 436 g/mol. The van der Waals surface area contributed by atoms with Crippen molar-refractivity contribution in [1.82, 2.24) is 0 Å². The van der Waals surface area contributed by atoms with Crippen LogP contribution in [0.5, 0.6) is 0 Å². The minimum Gasteiger partial charge on any atom is -0.469 e. The summed E-state index contributed by atoms with van der Waals surface area (Å²) in [7, 11) is 1.50. The maximum atomic E-state index is 14.3. The van der Waals surface area contributed by atoms with Gasteiger partial charge in [-0.3, -0.25) is 9.59 Å². The summed E-state index contributed by atoms with van der Waals surface area (Å²) in [6.45, 7) is 16.2. The number of ketones is 1. The zero-order chi connectivity index (χ0) is 25.8. The van der Waals surface area contributed by atoms with Crippen LogP contribution < -0.4 is 0 Å². The molecule has 4 heteroatoms. The molecule has 4 fully saturated rings. The highest BCUT2D eigenvalue weighted by Gasteiger charge is 2.70. The van der Waals surface area contributed by atoms with Gasteiger partial charge >= 0.3 is 5.97 Å². The fourth-order valence-electron chi connectivity index (χ4n) is 10.6. The number of carbonyl (C=O) groups is 2. The summed E-state index contributed by atoms with van der Waals surface area (Å²) in [5, 5.41) is 10.9. The Balaban J connectivity index is 1.61. The van der Waals surface area contributed by atoms with E-state index in [0.29, 0.717) is 11.7 Å². The lowest BCUT2D eigenvalue weighted by Gasteiger charge is -2.70.